The Bertz CT molecular complexity index is 258. The summed E-state index contributed by atoms with van der Waals surface area (Å²) in [5.74, 6) is 0.649. The molecule has 2 aliphatic rings. The van der Waals surface area contributed by atoms with Gasteiger partial charge in [0.15, 0.2) is 5.96 Å². The van der Waals surface area contributed by atoms with Crippen molar-refractivity contribution in [3.8, 4) is 0 Å². The standard InChI is InChI=1S/C13H26N4/c1-17-9-5-4-8-12(17)10-15-13(14)16-11-6-2-3-7-11/h11-12H,2-10H2,1H3,(H3,14,15,16). The lowest BCUT2D eigenvalue weighted by Gasteiger charge is -2.31. The van der Waals surface area contributed by atoms with E-state index in [1.54, 1.807) is 0 Å². The van der Waals surface area contributed by atoms with Crippen molar-refractivity contribution in [3.05, 3.63) is 0 Å². The Morgan fingerprint density at radius 3 is 2.65 bits per heavy atom. The number of rotatable bonds is 3. The zero-order valence-corrected chi connectivity index (χ0v) is 11.0. The Hall–Kier alpha value is -0.770. The van der Waals surface area contributed by atoms with E-state index in [2.05, 4.69) is 22.3 Å². The fraction of sp³-hybridized carbons (Fsp3) is 0.923. The van der Waals surface area contributed by atoms with Crippen LogP contribution in [0.15, 0.2) is 4.99 Å². The summed E-state index contributed by atoms with van der Waals surface area (Å²) in [5, 5.41) is 3.34. The predicted molar refractivity (Wildman–Crippen MR) is 72.2 cm³/mol. The number of nitrogens with two attached hydrogens (primary N) is 1. The van der Waals surface area contributed by atoms with Gasteiger partial charge in [-0.05, 0) is 39.3 Å². The number of nitrogens with one attached hydrogen (secondary N) is 1. The summed E-state index contributed by atoms with van der Waals surface area (Å²) in [5.41, 5.74) is 5.94. The van der Waals surface area contributed by atoms with Gasteiger partial charge in [-0.2, -0.15) is 0 Å². The van der Waals surface area contributed by atoms with Crippen molar-refractivity contribution in [1.82, 2.24) is 10.2 Å². The lowest BCUT2D eigenvalue weighted by atomic mass is 10.0. The highest BCUT2D eigenvalue weighted by Gasteiger charge is 2.19. The molecule has 0 spiro atoms. The summed E-state index contributed by atoms with van der Waals surface area (Å²) in [4.78, 5) is 6.92. The third-order valence-electron chi connectivity index (χ3n) is 4.10. The Kier molecular flexibility index (Phi) is 4.66. The molecule has 1 atom stereocenters. The number of piperidine rings is 1. The minimum absolute atomic E-state index is 0.572. The van der Waals surface area contributed by atoms with Gasteiger partial charge in [-0.3, -0.25) is 4.99 Å². The monoisotopic (exact) mass is 238 g/mol. The van der Waals surface area contributed by atoms with E-state index >= 15 is 0 Å². The zero-order valence-electron chi connectivity index (χ0n) is 11.0. The van der Waals surface area contributed by atoms with Crippen LogP contribution < -0.4 is 11.1 Å². The van der Waals surface area contributed by atoms with E-state index in [4.69, 9.17) is 5.73 Å². The molecule has 0 aromatic rings. The summed E-state index contributed by atoms with van der Waals surface area (Å²) < 4.78 is 0. The molecule has 1 aliphatic carbocycles. The molecule has 98 valence electrons. The van der Waals surface area contributed by atoms with E-state index in [1.807, 2.05) is 0 Å². The normalized spacial score (nSPS) is 28.5. The van der Waals surface area contributed by atoms with Crippen LogP contribution in [-0.2, 0) is 0 Å². The Balaban J connectivity index is 1.74. The molecular weight excluding hydrogens is 212 g/mol. The van der Waals surface area contributed by atoms with Crippen molar-refractivity contribution < 1.29 is 0 Å². The molecule has 1 aliphatic heterocycles. The topological polar surface area (TPSA) is 53.6 Å². The molecule has 1 heterocycles. The number of hydrogen-bond donors (Lipinski definition) is 2. The Morgan fingerprint density at radius 2 is 1.94 bits per heavy atom. The molecule has 4 nitrogen and oxygen atoms in total. The molecule has 1 saturated carbocycles. The molecule has 1 saturated heterocycles. The number of hydrogen-bond acceptors (Lipinski definition) is 2. The van der Waals surface area contributed by atoms with Crippen LogP contribution >= 0.6 is 0 Å². The quantitative estimate of drug-likeness (QED) is 0.576. The highest BCUT2D eigenvalue weighted by Crippen LogP contribution is 2.17. The second-order valence-corrected chi connectivity index (χ2v) is 5.48. The fourth-order valence-corrected chi connectivity index (χ4v) is 2.90. The van der Waals surface area contributed by atoms with Crippen molar-refractivity contribution in [2.45, 2.75) is 57.0 Å². The van der Waals surface area contributed by atoms with Gasteiger partial charge in [-0.15, -0.1) is 0 Å². The van der Waals surface area contributed by atoms with Crippen molar-refractivity contribution in [1.29, 1.82) is 0 Å². The Morgan fingerprint density at radius 1 is 1.24 bits per heavy atom. The van der Waals surface area contributed by atoms with Crippen LogP contribution in [0.5, 0.6) is 0 Å². The molecular formula is C13H26N4. The van der Waals surface area contributed by atoms with E-state index in [0.717, 1.165) is 6.54 Å². The molecule has 0 aromatic carbocycles. The van der Waals surface area contributed by atoms with Gasteiger partial charge in [-0.1, -0.05) is 19.3 Å². The van der Waals surface area contributed by atoms with E-state index in [1.165, 1.54) is 51.5 Å². The highest BCUT2D eigenvalue weighted by atomic mass is 15.2. The van der Waals surface area contributed by atoms with Crippen LogP contribution in [0.3, 0.4) is 0 Å². The molecule has 17 heavy (non-hydrogen) atoms. The first-order chi connectivity index (χ1) is 8.25. The van der Waals surface area contributed by atoms with Crippen molar-refractivity contribution >= 4 is 5.96 Å². The average molecular weight is 238 g/mol. The number of likely N-dealkylation sites (tertiary alicyclic amines) is 1. The minimum atomic E-state index is 0.572. The third-order valence-corrected chi connectivity index (χ3v) is 4.10. The van der Waals surface area contributed by atoms with Crippen LogP contribution in [0.25, 0.3) is 0 Å². The van der Waals surface area contributed by atoms with Crippen LogP contribution in [0, 0.1) is 0 Å². The number of guanidine groups is 1. The molecule has 2 fully saturated rings. The van der Waals surface area contributed by atoms with Gasteiger partial charge >= 0.3 is 0 Å². The van der Waals surface area contributed by atoms with Gasteiger partial charge in [-0.25, -0.2) is 0 Å². The first kappa shape index (κ1) is 12.7. The lowest BCUT2D eigenvalue weighted by molar-refractivity contribution is 0.191. The summed E-state index contributed by atoms with van der Waals surface area (Å²) in [6.45, 7) is 2.05. The zero-order chi connectivity index (χ0) is 12.1. The second kappa shape index (κ2) is 6.24. The minimum Gasteiger partial charge on any atom is -0.370 e. The first-order valence-electron chi connectivity index (χ1n) is 7.02. The van der Waals surface area contributed by atoms with Crippen molar-refractivity contribution in [2.75, 3.05) is 20.1 Å². The molecule has 3 N–H and O–H groups in total. The summed E-state index contributed by atoms with van der Waals surface area (Å²) >= 11 is 0. The second-order valence-electron chi connectivity index (χ2n) is 5.48. The largest absolute Gasteiger partial charge is 0.370 e. The molecule has 0 bridgehead atoms. The van der Waals surface area contributed by atoms with E-state index in [-0.39, 0.29) is 0 Å². The van der Waals surface area contributed by atoms with Gasteiger partial charge in [0.2, 0.25) is 0 Å². The third kappa shape index (κ3) is 3.87. The molecule has 4 heteroatoms. The Labute approximate surface area is 105 Å². The predicted octanol–water partition coefficient (Wildman–Crippen LogP) is 1.32. The molecule has 2 rings (SSSR count). The molecule has 1 unspecified atom stereocenters. The number of nitrogens with zero attached hydrogens (tertiary/aromatic N) is 2. The molecule has 0 radical (unpaired) electrons. The summed E-state index contributed by atoms with van der Waals surface area (Å²) in [6.07, 6.45) is 9.08. The fourth-order valence-electron chi connectivity index (χ4n) is 2.90. The van der Waals surface area contributed by atoms with E-state index in [9.17, 15) is 0 Å². The van der Waals surface area contributed by atoms with Crippen LogP contribution in [-0.4, -0.2) is 43.1 Å². The van der Waals surface area contributed by atoms with Crippen LogP contribution in [0.4, 0.5) is 0 Å². The maximum Gasteiger partial charge on any atom is 0.188 e. The van der Waals surface area contributed by atoms with Crippen molar-refractivity contribution in [2.24, 2.45) is 10.7 Å². The smallest absolute Gasteiger partial charge is 0.188 e. The summed E-state index contributed by atoms with van der Waals surface area (Å²) in [6, 6.07) is 1.16. The summed E-state index contributed by atoms with van der Waals surface area (Å²) in [7, 11) is 2.19. The number of likely N-dealkylation sites (N-methyl/N-ethyl adjacent to an activating group) is 1. The highest BCUT2D eigenvalue weighted by molar-refractivity contribution is 5.78. The van der Waals surface area contributed by atoms with Gasteiger partial charge in [0.25, 0.3) is 0 Å². The van der Waals surface area contributed by atoms with E-state index < -0.39 is 0 Å². The maximum atomic E-state index is 5.94. The van der Waals surface area contributed by atoms with Crippen LogP contribution in [0.2, 0.25) is 0 Å². The van der Waals surface area contributed by atoms with Gasteiger partial charge in [0.05, 0.1) is 6.54 Å². The van der Waals surface area contributed by atoms with E-state index in [0.29, 0.717) is 18.0 Å². The lowest BCUT2D eigenvalue weighted by Crippen LogP contribution is -2.41. The number of aliphatic imine (C=N–C) groups is 1. The maximum absolute atomic E-state index is 5.94. The molecule has 0 aromatic heterocycles. The van der Waals surface area contributed by atoms with Gasteiger partial charge in [0, 0.05) is 12.1 Å². The van der Waals surface area contributed by atoms with Crippen LogP contribution in [0.1, 0.15) is 44.9 Å². The van der Waals surface area contributed by atoms with Gasteiger partial charge in [0.1, 0.15) is 0 Å². The average Bonchev–Trinajstić information content (AvgIpc) is 2.81. The van der Waals surface area contributed by atoms with Crippen molar-refractivity contribution in [3.63, 3.8) is 0 Å². The first-order valence-corrected chi connectivity index (χ1v) is 7.02. The SMILES string of the molecule is CN1CCCCC1CN=C(N)NC1CCCC1. The molecule has 0 amide bonds. The van der Waals surface area contributed by atoms with Gasteiger partial charge < -0.3 is 16.0 Å².